The van der Waals surface area contributed by atoms with Gasteiger partial charge in [-0.1, -0.05) is 42.5 Å². The number of methoxy groups -OCH3 is 1. The van der Waals surface area contributed by atoms with Crippen LogP contribution in [0.25, 0.3) is 0 Å². The number of amides is 2. The van der Waals surface area contributed by atoms with Crippen molar-refractivity contribution in [1.82, 2.24) is 10.2 Å². The van der Waals surface area contributed by atoms with E-state index < -0.39 is 6.04 Å². The van der Waals surface area contributed by atoms with E-state index >= 15 is 0 Å². The number of aliphatic imine (C=N–C) groups is 1. The molecule has 4 atom stereocenters. The summed E-state index contributed by atoms with van der Waals surface area (Å²) in [6.07, 6.45) is 13.6. The van der Waals surface area contributed by atoms with Gasteiger partial charge in [0.15, 0.2) is 0 Å². The van der Waals surface area contributed by atoms with Gasteiger partial charge < -0.3 is 20.7 Å². The quantitative estimate of drug-likeness (QED) is 0.587. The number of benzene rings is 1. The summed E-state index contributed by atoms with van der Waals surface area (Å²) in [7, 11) is 1.70. The number of carbonyl (C=O) groups excluding carboxylic acids is 2. The second-order valence-corrected chi connectivity index (χ2v) is 9.39. The third-order valence-corrected chi connectivity index (χ3v) is 7.23. The molecule has 7 heteroatoms. The predicted octanol–water partition coefficient (Wildman–Crippen LogP) is 2.83. The van der Waals surface area contributed by atoms with E-state index in [0.717, 1.165) is 18.6 Å². The fourth-order valence-electron chi connectivity index (χ4n) is 5.34. The molecule has 0 aromatic heterocycles. The summed E-state index contributed by atoms with van der Waals surface area (Å²) in [4.78, 5) is 32.7. The Kier molecular flexibility index (Phi) is 8.16. The van der Waals surface area contributed by atoms with Gasteiger partial charge in [-0.2, -0.15) is 0 Å². The molecule has 0 radical (unpaired) electrons. The molecule has 2 heterocycles. The second-order valence-electron chi connectivity index (χ2n) is 9.39. The lowest BCUT2D eigenvalue weighted by molar-refractivity contribution is -0.137. The van der Waals surface area contributed by atoms with Crippen molar-refractivity contribution in [1.29, 1.82) is 0 Å². The molecule has 7 nitrogen and oxygen atoms in total. The van der Waals surface area contributed by atoms with Crippen molar-refractivity contribution in [3.05, 3.63) is 54.1 Å². The molecule has 4 rings (SSSR count). The highest BCUT2D eigenvalue weighted by Crippen LogP contribution is 2.35. The maximum atomic E-state index is 13.6. The van der Waals surface area contributed by atoms with Crippen molar-refractivity contribution >= 4 is 18.0 Å². The molecule has 0 bridgehead atoms. The van der Waals surface area contributed by atoms with Crippen LogP contribution in [0.5, 0.6) is 5.75 Å². The first-order chi connectivity index (χ1) is 16.6. The SMILES string of the molecule is COc1ccccc1C1CCN(C(=O)[C@@H](CC2C=NC3C=CC=CC23)NC(=O)CCCN)CC1. The van der Waals surface area contributed by atoms with E-state index in [9.17, 15) is 9.59 Å². The molecule has 1 aromatic rings. The number of nitrogens with zero attached hydrogens (tertiary/aromatic N) is 2. The van der Waals surface area contributed by atoms with Crippen molar-refractivity contribution in [2.24, 2.45) is 22.6 Å². The second kappa shape index (κ2) is 11.5. The Balaban J connectivity index is 1.41. The summed E-state index contributed by atoms with van der Waals surface area (Å²) < 4.78 is 5.55. The summed E-state index contributed by atoms with van der Waals surface area (Å²) in [6.45, 7) is 1.80. The number of carbonyl (C=O) groups is 2. The van der Waals surface area contributed by atoms with E-state index in [-0.39, 0.29) is 29.7 Å². The number of hydrogen-bond acceptors (Lipinski definition) is 5. The van der Waals surface area contributed by atoms with E-state index in [4.69, 9.17) is 10.5 Å². The van der Waals surface area contributed by atoms with Crippen LogP contribution in [-0.4, -0.2) is 61.8 Å². The van der Waals surface area contributed by atoms with Crippen molar-refractivity contribution in [2.75, 3.05) is 26.7 Å². The predicted molar refractivity (Wildman–Crippen MR) is 134 cm³/mol. The van der Waals surface area contributed by atoms with E-state index in [1.807, 2.05) is 41.5 Å². The van der Waals surface area contributed by atoms with Crippen molar-refractivity contribution in [3.63, 3.8) is 0 Å². The van der Waals surface area contributed by atoms with Gasteiger partial charge in [-0.3, -0.25) is 14.6 Å². The number of nitrogens with one attached hydrogen (secondary N) is 1. The molecule has 3 N–H and O–H groups in total. The number of likely N-dealkylation sites (tertiary alicyclic amines) is 1. The Morgan fingerprint density at radius 3 is 2.74 bits per heavy atom. The largest absolute Gasteiger partial charge is 0.496 e. The standard InChI is InChI=1S/C27H36N4O3/c1-34-25-10-5-3-8-22(25)19-12-15-31(16-13-19)27(33)24(30-26(32)11-6-14-28)17-20-18-29-23-9-4-2-7-21(20)23/h2-5,7-10,18-21,23-24H,6,11-17,28H2,1H3,(H,30,32)/t20?,21?,23?,24-/m1/s1. The minimum atomic E-state index is -0.553. The van der Waals surface area contributed by atoms with Crippen LogP contribution in [0.15, 0.2) is 53.6 Å². The lowest BCUT2D eigenvalue weighted by Crippen LogP contribution is -2.51. The fourth-order valence-corrected chi connectivity index (χ4v) is 5.34. The van der Waals surface area contributed by atoms with Crippen LogP contribution in [0.4, 0.5) is 0 Å². The summed E-state index contributed by atoms with van der Waals surface area (Å²) in [5, 5.41) is 3.02. The average Bonchev–Trinajstić information content (AvgIpc) is 3.29. The van der Waals surface area contributed by atoms with Crippen LogP contribution in [-0.2, 0) is 9.59 Å². The number of hydrogen-bond donors (Lipinski definition) is 2. The van der Waals surface area contributed by atoms with Crippen LogP contribution < -0.4 is 15.8 Å². The maximum Gasteiger partial charge on any atom is 0.245 e. The average molecular weight is 465 g/mol. The zero-order valence-corrected chi connectivity index (χ0v) is 19.9. The Bertz CT molecular complexity index is 949. The van der Waals surface area contributed by atoms with E-state index in [1.54, 1.807) is 7.11 Å². The van der Waals surface area contributed by atoms with Crippen LogP contribution in [0.2, 0.25) is 0 Å². The minimum Gasteiger partial charge on any atom is -0.496 e. The number of allylic oxidation sites excluding steroid dienone is 2. The number of para-hydroxylation sites is 1. The number of ether oxygens (including phenoxy) is 1. The molecule has 34 heavy (non-hydrogen) atoms. The molecule has 182 valence electrons. The summed E-state index contributed by atoms with van der Waals surface area (Å²) in [5.74, 6) is 1.53. The van der Waals surface area contributed by atoms with Gasteiger partial charge in [-0.05, 0) is 49.8 Å². The first-order valence-corrected chi connectivity index (χ1v) is 12.4. The zero-order chi connectivity index (χ0) is 23.9. The topological polar surface area (TPSA) is 97.0 Å². The summed E-state index contributed by atoms with van der Waals surface area (Å²) >= 11 is 0. The van der Waals surface area contributed by atoms with Crippen molar-refractivity contribution in [2.45, 2.75) is 50.1 Å². The van der Waals surface area contributed by atoms with Gasteiger partial charge in [0, 0.05) is 37.6 Å². The Hall–Kier alpha value is -2.93. The summed E-state index contributed by atoms with van der Waals surface area (Å²) in [6, 6.07) is 7.70. The molecule has 0 spiro atoms. The minimum absolute atomic E-state index is 0.00626. The molecule has 3 aliphatic rings. The summed E-state index contributed by atoms with van der Waals surface area (Å²) in [5.41, 5.74) is 6.78. The third kappa shape index (κ3) is 5.58. The van der Waals surface area contributed by atoms with E-state index in [0.29, 0.717) is 44.8 Å². The van der Waals surface area contributed by atoms with Gasteiger partial charge in [0.25, 0.3) is 0 Å². The molecular formula is C27H36N4O3. The first-order valence-electron chi connectivity index (χ1n) is 12.4. The van der Waals surface area contributed by atoms with Crippen LogP contribution in [0.1, 0.15) is 43.6 Å². The highest BCUT2D eigenvalue weighted by atomic mass is 16.5. The van der Waals surface area contributed by atoms with Gasteiger partial charge in [0.05, 0.1) is 13.2 Å². The lowest BCUT2D eigenvalue weighted by Gasteiger charge is -2.35. The van der Waals surface area contributed by atoms with Crippen molar-refractivity contribution in [3.8, 4) is 5.75 Å². The molecule has 0 saturated carbocycles. The van der Waals surface area contributed by atoms with E-state index in [2.05, 4.69) is 28.5 Å². The van der Waals surface area contributed by atoms with Gasteiger partial charge in [0.1, 0.15) is 11.8 Å². The highest BCUT2D eigenvalue weighted by Gasteiger charge is 2.37. The van der Waals surface area contributed by atoms with Gasteiger partial charge in [0.2, 0.25) is 11.8 Å². The van der Waals surface area contributed by atoms with Gasteiger partial charge in [-0.15, -0.1) is 0 Å². The Morgan fingerprint density at radius 1 is 1.21 bits per heavy atom. The number of nitrogens with two attached hydrogens (primary N) is 1. The smallest absolute Gasteiger partial charge is 0.245 e. The molecule has 2 aliphatic heterocycles. The van der Waals surface area contributed by atoms with Gasteiger partial charge in [-0.25, -0.2) is 0 Å². The Labute approximate surface area is 202 Å². The third-order valence-electron chi connectivity index (χ3n) is 7.23. The zero-order valence-electron chi connectivity index (χ0n) is 19.9. The molecule has 3 unspecified atom stereocenters. The molecule has 1 aliphatic carbocycles. The van der Waals surface area contributed by atoms with Crippen LogP contribution >= 0.6 is 0 Å². The van der Waals surface area contributed by atoms with Crippen LogP contribution in [0.3, 0.4) is 0 Å². The number of piperidine rings is 1. The molecule has 1 fully saturated rings. The molecule has 1 saturated heterocycles. The van der Waals surface area contributed by atoms with Crippen LogP contribution in [0, 0.1) is 11.8 Å². The molecule has 1 aromatic carbocycles. The maximum absolute atomic E-state index is 13.6. The fraction of sp³-hybridized carbons (Fsp3) is 0.519. The van der Waals surface area contributed by atoms with Gasteiger partial charge >= 0.3 is 0 Å². The Morgan fingerprint density at radius 2 is 1.97 bits per heavy atom. The van der Waals surface area contributed by atoms with Crippen molar-refractivity contribution < 1.29 is 14.3 Å². The number of rotatable bonds is 9. The lowest BCUT2D eigenvalue weighted by atomic mass is 9.83. The molecular weight excluding hydrogens is 428 g/mol. The highest BCUT2D eigenvalue weighted by molar-refractivity contribution is 5.88. The normalized spacial score (nSPS) is 24.6. The monoisotopic (exact) mass is 464 g/mol. The first kappa shape index (κ1) is 24.2. The molecule has 2 amide bonds. The van der Waals surface area contributed by atoms with E-state index in [1.165, 1.54) is 5.56 Å². The number of fused-ring (bicyclic) bond motifs is 1.